The molecule has 2 aliphatic carbocycles. The molecular weight excluding hydrogens is 238 g/mol. The van der Waals surface area contributed by atoms with Crippen LogP contribution in [0.2, 0.25) is 0 Å². The molecule has 19 heavy (non-hydrogen) atoms. The second kappa shape index (κ2) is 6.90. The van der Waals surface area contributed by atoms with Gasteiger partial charge in [0.1, 0.15) is 12.1 Å². The normalized spacial score (nSPS) is 23.1. The van der Waals surface area contributed by atoms with Gasteiger partial charge in [0.25, 0.3) is 0 Å². The molecule has 0 heterocycles. The van der Waals surface area contributed by atoms with Crippen molar-refractivity contribution < 1.29 is 9.53 Å². The summed E-state index contributed by atoms with van der Waals surface area (Å²) >= 11 is 0. The van der Waals surface area contributed by atoms with Gasteiger partial charge in [-0.3, -0.25) is 4.79 Å². The Bertz CT molecular complexity index is 363. The van der Waals surface area contributed by atoms with Gasteiger partial charge in [0.05, 0.1) is 0 Å². The van der Waals surface area contributed by atoms with E-state index >= 15 is 0 Å². The monoisotopic (exact) mass is 263 g/mol. The third-order valence-electron chi connectivity index (χ3n) is 4.14. The van der Waals surface area contributed by atoms with E-state index in [1.165, 1.54) is 24.8 Å². The van der Waals surface area contributed by atoms with Crippen LogP contribution in [0.25, 0.3) is 0 Å². The number of allylic oxidation sites excluding steroid dienone is 3. The SMILES string of the molecule is NC1(C(=O)OCC2=CC=CCC2)CCCCCCC1. The van der Waals surface area contributed by atoms with Crippen molar-refractivity contribution in [2.45, 2.75) is 63.3 Å². The number of hydrogen-bond donors (Lipinski definition) is 1. The average molecular weight is 263 g/mol. The van der Waals surface area contributed by atoms with E-state index in [1.807, 2.05) is 12.2 Å². The largest absolute Gasteiger partial charge is 0.460 e. The topological polar surface area (TPSA) is 52.3 Å². The Morgan fingerprint density at radius 1 is 1.21 bits per heavy atom. The number of carbonyl (C=O) groups excluding carboxylic acids is 1. The number of carbonyl (C=O) groups is 1. The van der Waals surface area contributed by atoms with Crippen LogP contribution >= 0.6 is 0 Å². The minimum Gasteiger partial charge on any atom is -0.460 e. The van der Waals surface area contributed by atoms with Crippen LogP contribution < -0.4 is 5.73 Å². The maximum atomic E-state index is 12.2. The van der Waals surface area contributed by atoms with E-state index < -0.39 is 5.54 Å². The van der Waals surface area contributed by atoms with Gasteiger partial charge in [0.2, 0.25) is 0 Å². The molecule has 0 aromatic carbocycles. The molecule has 3 nitrogen and oxygen atoms in total. The molecule has 2 N–H and O–H groups in total. The number of rotatable bonds is 3. The number of ether oxygens (including phenoxy) is 1. The van der Waals surface area contributed by atoms with Crippen molar-refractivity contribution in [1.29, 1.82) is 0 Å². The van der Waals surface area contributed by atoms with Gasteiger partial charge in [-0.15, -0.1) is 0 Å². The standard InChI is InChI=1S/C16H25NO2/c17-16(11-7-2-1-3-8-12-16)15(18)19-13-14-9-5-4-6-10-14/h4-5,9H,1-3,6-8,10-13,17H2. The summed E-state index contributed by atoms with van der Waals surface area (Å²) in [4.78, 5) is 12.2. The van der Waals surface area contributed by atoms with Gasteiger partial charge in [-0.2, -0.15) is 0 Å². The molecule has 0 atom stereocenters. The van der Waals surface area contributed by atoms with Crippen molar-refractivity contribution in [2.75, 3.05) is 6.61 Å². The first kappa shape index (κ1) is 14.3. The predicted octanol–water partition coefficient (Wildman–Crippen LogP) is 3.25. The zero-order chi connectivity index (χ0) is 13.6. The van der Waals surface area contributed by atoms with E-state index in [-0.39, 0.29) is 5.97 Å². The molecule has 2 rings (SSSR count). The van der Waals surface area contributed by atoms with Crippen molar-refractivity contribution in [3.05, 3.63) is 23.8 Å². The summed E-state index contributed by atoms with van der Waals surface area (Å²) in [7, 11) is 0. The van der Waals surface area contributed by atoms with E-state index in [1.54, 1.807) is 0 Å². The Balaban J connectivity index is 1.86. The molecule has 3 heteroatoms. The summed E-state index contributed by atoms with van der Waals surface area (Å²) in [6.45, 7) is 0.405. The van der Waals surface area contributed by atoms with Gasteiger partial charge in [-0.05, 0) is 31.3 Å². The first-order chi connectivity index (χ1) is 9.21. The van der Waals surface area contributed by atoms with Crippen molar-refractivity contribution in [2.24, 2.45) is 5.73 Å². The van der Waals surface area contributed by atoms with E-state index in [0.29, 0.717) is 6.61 Å². The maximum Gasteiger partial charge on any atom is 0.326 e. The third kappa shape index (κ3) is 4.20. The van der Waals surface area contributed by atoms with Crippen LogP contribution in [0.1, 0.15) is 57.8 Å². The molecule has 0 radical (unpaired) electrons. The maximum absolute atomic E-state index is 12.2. The molecule has 0 amide bonds. The molecule has 2 aliphatic rings. The molecule has 0 bridgehead atoms. The zero-order valence-electron chi connectivity index (χ0n) is 11.7. The quantitative estimate of drug-likeness (QED) is 0.795. The van der Waals surface area contributed by atoms with Gasteiger partial charge in [-0.25, -0.2) is 0 Å². The van der Waals surface area contributed by atoms with Crippen molar-refractivity contribution >= 4 is 5.97 Å². The van der Waals surface area contributed by atoms with Crippen LogP contribution in [0.5, 0.6) is 0 Å². The van der Waals surface area contributed by atoms with E-state index in [9.17, 15) is 4.79 Å². The lowest BCUT2D eigenvalue weighted by Crippen LogP contribution is -2.49. The lowest BCUT2D eigenvalue weighted by Gasteiger charge is -2.29. The predicted molar refractivity (Wildman–Crippen MR) is 76.7 cm³/mol. The summed E-state index contributed by atoms with van der Waals surface area (Å²) in [5.41, 5.74) is 6.72. The summed E-state index contributed by atoms with van der Waals surface area (Å²) in [5, 5.41) is 0. The van der Waals surface area contributed by atoms with Crippen LogP contribution in [0.15, 0.2) is 23.8 Å². The number of esters is 1. The molecule has 0 saturated heterocycles. The van der Waals surface area contributed by atoms with Crippen LogP contribution in [0.3, 0.4) is 0 Å². The molecule has 0 spiro atoms. The minimum absolute atomic E-state index is 0.204. The summed E-state index contributed by atoms with van der Waals surface area (Å²) in [6.07, 6.45) is 15.5. The van der Waals surface area contributed by atoms with E-state index in [2.05, 4.69) is 6.08 Å². The Hall–Kier alpha value is -1.09. The lowest BCUT2D eigenvalue weighted by atomic mass is 9.85. The third-order valence-corrected chi connectivity index (χ3v) is 4.14. The molecule has 0 unspecified atom stereocenters. The Kier molecular flexibility index (Phi) is 5.20. The molecule has 1 saturated carbocycles. The Labute approximate surface area is 115 Å². The highest BCUT2D eigenvalue weighted by molar-refractivity contribution is 5.80. The first-order valence-electron chi connectivity index (χ1n) is 7.51. The average Bonchev–Trinajstić information content (AvgIpc) is 2.41. The first-order valence-corrected chi connectivity index (χ1v) is 7.51. The van der Waals surface area contributed by atoms with E-state index in [4.69, 9.17) is 10.5 Å². The van der Waals surface area contributed by atoms with Gasteiger partial charge >= 0.3 is 5.97 Å². The molecule has 0 aromatic heterocycles. The van der Waals surface area contributed by atoms with Crippen molar-refractivity contribution in [3.8, 4) is 0 Å². The fourth-order valence-electron chi connectivity index (χ4n) is 2.82. The Morgan fingerprint density at radius 3 is 2.53 bits per heavy atom. The van der Waals surface area contributed by atoms with Crippen molar-refractivity contribution in [1.82, 2.24) is 0 Å². The fourth-order valence-corrected chi connectivity index (χ4v) is 2.82. The number of hydrogen-bond acceptors (Lipinski definition) is 3. The zero-order valence-corrected chi connectivity index (χ0v) is 11.7. The van der Waals surface area contributed by atoms with Crippen LogP contribution in [0, 0.1) is 0 Å². The minimum atomic E-state index is -0.745. The van der Waals surface area contributed by atoms with Gasteiger partial charge < -0.3 is 10.5 Å². The smallest absolute Gasteiger partial charge is 0.326 e. The second-order valence-electron chi connectivity index (χ2n) is 5.79. The highest BCUT2D eigenvalue weighted by atomic mass is 16.5. The summed E-state index contributed by atoms with van der Waals surface area (Å²) in [6, 6.07) is 0. The van der Waals surface area contributed by atoms with Gasteiger partial charge in [0.15, 0.2) is 0 Å². The summed E-state index contributed by atoms with van der Waals surface area (Å²) in [5.74, 6) is -0.204. The van der Waals surface area contributed by atoms with Crippen molar-refractivity contribution in [3.63, 3.8) is 0 Å². The van der Waals surface area contributed by atoms with E-state index in [0.717, 1.165) is 38.5 Å². The molecule has 0 aromatic rings. The molecule has 0 aliphatic heterocycles. The highest BCUT2D eigenvalue weighted by Crippen LogP contribution is 2.26. The Morgan fingerprint density at radius 2 is 1.89 bits per heavy atom. The van der Waals surface area contributed by atoms with Crippen LogP contribution in [0.4, 0.5) is 0 Å². The van der Waals surface area contributed by atoms with Crippen LogP contribution in [-0.2, 0) is 9.53 Å². The van der Waals surface area contributed by atoms with Crippen LogP contribution in [-0.4, -0.2) is 18.1 Å². The number of nitrogens with two attached hydrogens (primary N) is 1. The second-order valence-corrected chi connectivity index (χ2v) is 5.79. The highest BCUT2D eigenvalue weighted by Gasteiger charge is 2.35. The summed E-state index contributed by atoms with van der Waals surface area (Å²) < 4.78 is 5.45. The molecule has 106 valence electrons. The molecular formula is C16H25NO2. The lowest BCUT2D eigenvalue weighted by molar-refractivity contribution is -0.150. The molecule has 1 fully saturated rings. The fraction of sp³-hybridized carbons (Fsp3) is 0.688. The van der Waals surface area contributed by atoms with Gasteiger partial charge in [0, 0.05) is 0 Å². The van der Waals surface area contributed by atoms with Gasteiger partial charge in [-0.1, -0.05) is 50.3 Å².